The minimum Gasteiger partial charge on any atom is -0.493 e. The number of halogens is 1. The predicted octanol–water partition coefficient (Wildman–Crippen LogP) is 3.17. The maximum absolute atomic E-state index is 13.0. The van der Waals surface area contributed by atoms with Crippen LogP contribution in [0.25, 0.3) is 0 Å². The van der Waals surface area contributed by atoms with E-state index >= 15 is 0 Å². The van der Waals surface area contributed by atoms with Crippen molar-refractivity contribution >= 4 is 0 Å². The van der Waals surface area contributed by atoms with Gasteiger partial charge in [-0.3, -0.25) is 0 Å². The van der Waals surface area contributed by atoms with Gasteiger partial charge < -0.3 is 14.6 Å². The summed E-state index contributed by atoms with van der Waals surface area (Å²) in [7, 11) is 0. The lowest BCUT2D eigenvalue weighted by molar-refractivity contribution is 0.235. The van der Waals surface area contributed by atoms with Crippen LogP contribution >= 0.6 is 0 Å². The smallest absolute Gasteiger partial charge is 0.125 e. The highest BCUT2D eigenvalue weighted by Gasteiger charge is 2.04. The van der Waals surface area contributed by atoms with Gasteiger partial charge in [-0.1, -0.05) is 18.2 Å². The van der Waals surface area contributed by atoms with E-state index in [9.17, 15) is 4.39 Å². The van der Waals surface area contributed by atoms with Crippen LogP contribution in [0.15, 0.2) is 48.5 Å². The standard InChI is InChI=1S/C16H17FO3/c17-14-7-8-16(13(11-14)12-18)20-10-4-9-19-15-5-2-1-3-6-15/h1-3,5-8,11,18H,4,9-10,12H2. The fourth-order valence-electron chi connectivity index (χ4n) is 1.76. The van der Waals surface area contributed by atoms with E-state index in [1.54, 1.807) is 0 Å². The molecule has 0 spiro atoms. The van der Waals surface area contributed by atoms with Crippen molar-refractivity contribution < 1.29 is 19.0 Å². The summed E-state index contributed by atoms with van der Waals surface area (Å²) in [6.45, 7) is 0.749. The van der Waals surface area contributed by atoms with Crippen molar-refractivity contribution in [1.29, 1.82) is 0 Å². The predicted molar refractivity (Wildman–Crippen MR) is 74.4 cm³/mol. The fourth-order valence-corrected chi connectivity index (χ4v) is 1.76. The SMILES string of the molecule is OCc1cc(F)ccc1OCCCOc1ccccc1. The Morgan fingerprint density at radius 1 is 0.950 bits per heavy atom. The average molecular weight is 276 g/mol. The maximum atomic E-state index is 13.0. The first-order valence-corrected chi connectivity index (χ1v) is 6.49. The molecule has 2 aromatic carbocycles. The van der Waals surface area contributed by atoms with Gasteiger partial charge in [-0.2, -0.15) is 0 Å². The zero-order chi connectivity index (χ0) is 14.2. The Morgan fingerprint density at radius 2 is 1.70 bits per heavy atom. The number of aliphatic hydroxyl groups excluding tert-OH is 1. The Kier molecular flexibility index (Phi) is 5.38. The Labute approximate surface area is 117 Å². The van der Waals surface area contributed by atoms with Gasteiger partial charge in [-0.05, 0) is 30.3 Å². The van der Waals surface area contributed by atoms with Crippen molar-refractivity contribution in [2.75, 3.05) is 13.2 Å². The van der Waals surface area contributed by atoms with Crippen LogP contribution in [0.3, 0.4) is 0 Å². The van der Waals surface area contributed by atoms with Gasteiger partial charge in [0.25, 0.3) is 0 Å². The third-order valence-corrected chi connectivity index (χ3v) is 2.75. The van der Waals surface area contributed by atoms with Crippen LogP contribution in [0.1, 0.15) is 12.0 Å². The molecule has 0 saturated heterocycles. The van der Waals surface area contributed by atoms with E-state index in [0.29, 0.717) is 30.9 Å². The minimum absolute atomic E-state index is 0.242. The van der Waals surface area contributed by atoms with Crippen LogP contribution in [0.5, 0.6) is 11.5 Å². The van der Waals surface area contributed by atoms with Crippen molar-refractivity contribution in [2.45, 2.75) is 13.0 Å². The fraction of sp³-hybridized carbons (Fsp3) is 0.250. The molecule has 0 fully saturated rings. The highest BCUT2D eigenvalue weighted by molar-refractivity contribution is 5.33. The summed E-state index contributed by atoms with van der Waals surface area (Å²) in [5.74, 6) is 0.952. The Hall–Kier alpha value is -2.07. The van der Waals surface area contributed by atoms with Crippen molar-refractivity contribution in [3.8, 4) is 11.5 Å². The van der Waals surface area contributed by atoms with Crippen LogP contribution in [-0.4, -0.2) is 18.3 Å². The highest BCUT2D eigenvalue weighted by Crippen LogP contribution is 2.19. The zero-order valence-electron chi connectivity index (χ0n) is 11.1. The van der Waals surface area contributed by atoms with Crippen LogP contribution in [0.4, 0.5) is 4.39 Å². The van der Waals surface area contributed by atoms with Gasteiger partial charge in [0.2, 0.25) is 0 Å². The number of rotatable bonds is 7. The molecular weight excluding hydrogens is 259 g/mol. The van der Waals surface area contributed by atoms with Gasteiger partial charge >= 0.3 is 0 Å². The van der Waals surface area contributed by atoms with Gasteiger partial charge in [-0.15, -0.1) is 0 Å². The van der Waals surface area contributed by atoms with E-state index in [-0.39, 0.29) is 12.4 Å². The first kappa shape index (κ1) is 14.3. The van der Waals surface area contributed by atoms with Gasteiger partial charge in [-0.25, -0.2) is 4.39 Å². The summed E-state index contributed by atoms with van der Waals surface area (Å²) < 4.78 is 24.0. The summed E-state index contributed by atoms with van der Waals surface area (Å²) in [5, 5.41) is 9.12. The second-order valence-electron chi connectivity index (χ2n) is 4.27. The van der Waals surface area contributed by atoms with Gasteiger partial charge in [0.15, 0.2) is 0 Å². The Bertz CT molecular complexity index is 529. The average Bonchev–Trinajstić information content (AvgIpc) is 2.49. The molecule has 20 heavy (non-hydrogen) atoms. The molecule has 106 valence electrons. The lowest BCUT2D eigenvalue weighted by Crippen LogP contribution is -2.06. The Morgan fingerprint density at radius 3 is 2.45 bits per heavy atom. The molecule has 3 nitrogen and oxygen atoms in total. The lowest BCUT2D eigenvalue weighted by Gasteiger charge is -2.10. The second kappa shape index (κ2) is 7.50. The molecule has 0 atom stereocenters. The normalized spacial score (nSPS) is 10.3. The maximum Gasteiger partial charge on any atom is 0.125 e. The topological polar surface area (TPSA) is 38.7 Å². The molecule has 0 aliphatic rings. The van der Waals surface area contributed by atoms with Crippen molar-refractivity contribution in [2.24, 2.45) is 0 Å². The summed E-state index contributed by atoms with van der Waals surface area (Å²) in [6, 6.07) is 13.7. The number of aliphatic hydroxyl groups is 1. The van der Waals surface area contributed by atoms with E-state index in [1.807, 2.05) is 30.3 Å². The van der Waals surface area contributed by atoms with Crippen molar-refractivity contribution in [3.05, 3.63) is 59.9 Å². The molecule has 2 aromatic rings. The Balaban J connectivity index is 1.73. The number of benzene rings is 2. The second-order valence-corrected chi connectivity index (χ2v) is 4.27. The molecule has 0 unspecified atom stereocenters. The summed E-state index contributed by atoms with van der Waals surface area (Å²) in [5.41, 5.74) is 0.453. The number of para-hydroxylation sites is 1. The van der Waals surface area contributed by atoms with E-state index in [0.717, 1.165) is 5.75 Å². The molecule has 0 saturated carbocycles. The van der Waals surface area contributed by atoms with Crippen LogP contribution in [-0.2, 0) is 6.61 Å². The van der Waals surface area contributed by atoms with Crippen LogP contribution < -0.4 is 9.47 Å². The van der Waals surface area contributed by atoms with E-state index in [1.165, 1.54) is 18.2 Å². The van der Waals surface area contributed by atoms with E-state index < -0.39 is 0 Å². The van der Waals surface area contributed by atoms with Gasteiger partial charge in [0, 0.05) is 12.0 Å². The van der Waals surface area contributed by atoms with E-state index in [2.05, 4.69) is 0 Å². The minimum atomic E-state index is -0.381. The molecule has 1 N–H and O–H groups in total. The molecular formula is C16H17FO3. The molecule has 2 rings (SSSR count). The molecule has 0 aliphatic carbocycles. The van der Waals surface area contributed by atoms with Gasteiger partial charge in [0.05, 0.1) is 19.8 Å². The number of hydrogen-bond donors (Lipinski definition) is 1. The molecule has 4 heteroatoms. The number of ether oxygens (including phenoxy) is 2. The van der Waals surface area contributed by atoms with Crippen molar-refractivity contribution in [1.82, 2.24) is 0 Å². The molecule has 0 aliphatic heterocycles. The van der Waals surface area contributed by atoms with Gasteiger partial charge in [0.1, 0.15) is 17.3 Å². The molecule has 0 bridgehead atoms. The van der Waals surface area contributed by atoms with E-state index in [4.69, 9.17) is 14.6 Å². The summed E-state index contributed by atoms with van der Waals surface area (Å²) in [6.07, 6.45) is 0.705. The molecule has 0 amide bonds. The van der Waals surface area contributed by atoms with Crippen molar-refractivity contribution in [3.63, 3.8) is 0 Å². The summed E-state index contributed by atoms with van der Waals surface area (Å²) >= 11 is 0. The lowest BCUT2D eigenvalue weighted by atomic mass is 10.2. The monoisotopic (exact) mass is 276 g/mol. The first-order valence-electron chi connectivity index (χ1n) is 6.49. The number of hydrogen-bond acceptors (Lipinski definition) is 3. The first-order chi connectivity index (χ1) is 9.79. The third-order valence-electron chi connectivity index (χ3n) is 2.75. The quantitative estimate of drug-likeness (QED) is 0.789. The van der Waals surface area contributed by atoms with Crippen LogP contribution in [0.2, 0.25) is 0 Å². The molecule has 0 aromatic heterocycles. The zero-order valence-corrected chi connectivity index (χ0v) is 11.1. The molecule has 0 radical (unpaired) electrons. The van der Waals surface area contributed by atoms with Crippen LogP contribution in [0, 0.1) is 5.82 Å². The highest BCUT2D eigenvalue weighted by atomic mass is 19.1. The third kappa shape index (κ3) is 4.24. The summed E-state index contributed by atoms with van der Waals surface area (Å²) in [4.78, 5) is 0. The largest absolute Gasteiger partial charge is 0.493 e. The molecule has 0 heterocycles.